The van der Waals surface area contributed by atoms with Gasteiger partial charge in [-0.15, -0.1) is 0 Å². The molecule has 0 aliphatic carbocycles. The van der Waals surface area contributed by atoms with Crippen LogP contribution in [0.25, 0.3) is 11.3 Å². The molecule has 46 heavy (non-hydrogen) atoms. The van der Waals surface area contributed by atoms with E-state index in [0.717, 1.165) is 17.3 Å². The van der Waals surface area contributed by atoms with Crippen molar-refractivity contribution < 1.29 is 18.0 Å². The summed E-state index contributed by atoms with van der Waals surface area (Å²) in [6, 6.07) is 11.0. The predicted octanol–water partition coefficient (Wildman–Crippen LogP) is 7.31. The Hall–Kier alpha value is -3.90. The van der Waals surface area contributed by atoms with Crippen molar-refractivity contribution in [2.24, 2.45) is 5.92 Å². The van der Waals surface area contributed by atoms with E-state index in [9.17, 15) is 22.8 Å². The summed E-state index contributed by atoms with van der Waals surface area (Å²) in [5.74, 6) is -0.249. The van der Waals surface area contributed by atoms with Gasteiger partial charge in [0.2, 0.25) is 0 Å². The van der Waals surface area contributed by atoms with Crippen molar-refractivity contribution in [1.82, 2.24) is 24.5 Å². The van der Waals surface area contributed by atoms with Crippen LogP contribution in [0.5, 0.6) is 0 Å². The average molecular weight is 700 g/mol. The number of rotatable bonds is 5. The Morgan fingerprint density at radius 1 is 1.09 bits per heavy atom. The third-order valence-corrected chi connectivity index (χ3v) is 8.80. The highest BCUT2D eigenvalue weighted by molar-refractivity contribution is 9.10. The first kappa shape index (κ1) is 33.5. The van der Waals surface area contributed by atoms with Crippen LogP contribution in [-0.4, -0.2) is 37.1 Å². The number of aromatic nitrogens is 3. The fourth-order valence-corrected chi connectivity index (χ4v) is 6.44. The second-order valence-corrected chi connectivity index (χ2v) is 12.7. The molecular formula is C34H38BrF3N6O2. The average Bonchev–Trinajstić information content (AvgIpc) is 3.64. The van der Waals surface area contributed by atoms with E-state index in [1.54, 1.807) is 22.2 Å². The Bertz CT molecular complexity index is 1840. The summed E-state index contributed by atoms with van der Waals surface area (Å²) in [6.07, 6.45) is 2.07. The zero-order chi connectivity index (χ0) is 33.5. The number of alkyl halides is 3. The van der Waals surface area contributed by atoms with E-state index in [0.29, 0.717) is 34.9 Å². The van der Waals surface area contributed by atoms with Crippen LogP contribution in [-0.2, 0) is 25.6 Å². The van der Waals surface area contributed by atoms with Crippen molar-refractivity contribution >= 4 is 33.2 Å². The van der Waals surface area contributed by atoms with Gasteiger partial charge in [0, 0.05) is 39.4 Å². The van der Waals surface area contributed by atoms with Gasteiger partial charge in [0.25, 0.3) is 11.5 Å². The number of hydrogen-bond acceptors (Lipinski definition) is 5. The minimum Gasteiger partial charge on any atom is -0.330 e. The molecule has 4 aromatic rings. The molecule has 2 aromatic heterocycles. The number of hydrogen-bond donors (Lipinski definition) is 1. The number of halogens is 4. The van der Waals surface area contributed by atoms with E-state index in [-0.39, 0.29) is 34.6 Å². The largest absolute Gasteiger partial charge is 0.417 e. The molecule has 0 saturated heterocycles. The molecule has 6 rings (SSSR count). The lowest BCUT2D eigenvalue weighted by atomic mass is 9.97. The van der Waals surface area contributed by atoms with E-state index in [2.05, 4.69) is 53.3 Å². The Labute approximate surface area is 274 Å². The first-order chi connectivity index (χ1) is 21.8. The zero-order valence-corrected chi connectivity index (χ0v) is 28.3. The molecule has 0 radical (unpaired) electrons. The van der Waals surface area contributed by atoms with E-state index >= 15 is 0 Å². The smallest absolute Gasteiger partial charge is 0.330 e. The standard InChI is InChI=1S/C32H32BrF3N6O2.C2H6/c1-18(2)13-22-16-37-42-28-17-39(30(43)21-5-10-27(33)26(15-21)32(34,35)36)20(4)14-25(28)31(44)41(29(22)42)24-8-6-23(7-9-24)40-12-11-19(3)38-40;1-2/h5-12,15-16,18-20,38H,13-14,17H2,1-4H3;1-2H3. The minimum absolute atomic E-state index is 0.0339. The van der Waals surface area contributed by atoms with E-state index in [1.807, 2.05) is 49.3 Å². The molecule has 0 saturated carbocycles. The Morgan fingerprint density at radius 3 is 2.37 bits per heavy atom. The molecule has 0 bridgehead atoms. The SMILES string of the molecule is CC.CC(C)Cc1cnn2c3c(c(=O)n(-c4ccc(N5C=CC(C)N5)cc4)c12)CC(C)N(C(=O)c1ccc(Br)c(C(F)(F)F)c1)C3. The molecule has 244 valence electrons. The Morgan fingerprint density at radius 2 is 1.76 bits per heavy atom. The number of fused-ring (bicyclic) bond motifs is 3. The summed E-state index contributed by atoms with van der Waals surface area (Å²) in [5, 5.41) is 6.62. The third kappa shape index (κ3) is 6.24. The highest BCUT2D eigenvalue weighted by Gasteiger charge is 2.36. The number of nitrogens with one attached hydrogen (secondary N) is 1. The summed E-state index contributed by atoms with van der Waals surface area (Å²) in [5.41, 5.74) is 6.37. The molecule has 2 aromatic carbocycles. The molecule has 2 unspecified atom stereocenters. The molecular weight excluding hydrogens is 661 g/mol. The van der Waals surface area contributed by atoms with Crippen molar-refractivity contribution in [1.29, 1.82) is 0 Å². The van der Waals surface area contributed by atoms with Crippen molar-refractivity contribution in [2.75, 3.05) is 5.01 Å². The lowest BCUT2D eigenvalue weighted by Gasteiger charge is -2.35. The number of nitrogens with zero attached hydrogens (tertiary/aromatic N) is 5. The highest BCUT2D eigenvalue weighted by atomic mass is 79.9. The lowest BCUT2D eigenvalue weighted by molar-refractivity contribution is -0.138. The summed E-state index contributed by atoms with van der Waals surface area (Å²) >= 11 is 2.95. The van der Waals surface area contributed by atoms with Gasteiger partial charge in [-0.1, -0.05) is 43.6 Å². The third-order valence-electron chi connectivity index (χ3n) is 8.11. The summed E-state index contributed by atoms with van der Waals surface area (Å²) < 4.78 is 44.1. The van der Waals surface area contributed by atoms with Gasteiger partial charge >= 0.3 is 6.18 Å². The van der Waals surface area contributed by atoms with Crippen LogP contribution in [0.2, 0.25) is 0 Å². The van der Waals surface area contributed by atoms with E-state index in [4.69, 9.17) is 0 Å². The van der Waals surface area contributed by atoms with Crippen LogP contribution in [0.1, 0.15) is 74.3 Å². The number of carbonyl (C=O) groups is 1. The van der Waals surface area contributed by atoms with Crippen molar-refractivity contribution in [3.05, 3.63) is 104 Å². The lowest BCUT2D eigenvalue weighted by Crippen LogP contribution is -2.46. The number of anilines is 1. The van der Waals surface area contributed by atoms with Crippen LogP contribution < -0.4 is 16.0 Å². The fraction of sp³-hybridized carbons (Fsp3) is 0.382. The quantitative estimate of drug-likeness (QED) is 0.237. The van der Waals surface area contributed by atoms with Crippen LogP contribution in [0.3, 0.4) is 0 Å². The van der Waals surface area contributed by atoms with Crippen molar-refractivity contribution in [3.63, 3.8) is 0 Å². The molecule has 1 N–H and O–H groups in total. The second-order valence-electron chi connectivity index (χ2n) is 11.9. The molecule has 1 amide bonds. The van der Waals surface area contributed by atoms with E-state index in [1.165, 1.54) is 17.0 Å². The van der Waals surface area contributed by atoms with Gasteiger partial charge in [-0.25, -0.2) is 9.94 Å². The maximum atomic E-state index is 14.3. The van der Waals surface area contributed by atoms with Crippen LogP contribution in [0, 0.1) is 5.92 Å². The maximum absolute atomic E-state index is 14.3. The normalized spacial score (nSPS) is 17.8. The first-order valence-corrected chi connectivity index (χ1v) is 16.3. The van der Waals surface area contributed by atoms with Gasteiger partial charge in [-0.05, 0) is 81.1 Å². The van der Waals surface area contributed by atoms with Gasteiger partial charge in [-0.2, -0.15) is 18.3 Å². The van der Waals surface area contributed by atoms with Gasteiger partial charge in [0.1, 0.15) is 5.65 Å². The van der Waals surface area contributed by atoms with Crippen LogP contribution >= 0.6 is 15.9 Å². The van der Waals surface area contributed by atoms with Gasteiger partial charge in [0.15, 0.2) is 0 Å². The molecule has 12 heteroatoms. The highest BCUT2D eigenvalue weighted by Crippen LogP contribution is 2.36. The molecule has 2 aliphatic rings. The van der Waals surface area contributed by atoms with Crippen LogP contribution in [0.4, 0.5) is 18.9 Å². The number of benzene rings is 2. The summed E-state index contributed by atoms with van der Waals surface area (Å²) in [7, 11) is 0. The van der Waals surface area contributed by atoms with Crippen LogP contribution in [0.15, 0.2) is 70.2 Å². The molecule has 0 spiro atoms. The van der Waals surface area contributed by atoms with Crippen molar-refractivity contribution in [2.45, 2.75) is 79.2 Å². The number of carbonyl (C=O) groups excluding carboxylic acids is 1. The van der Waals surface area contributed by atoms with E-state index < -0.39 is 23.7 Å². The predicted molar refractivity (Wildman–Crippen MR) is 177 cm³/mol. The minimum atomic E-state index is -4.62. The number of amides is 1. The van der Waals surface area contributed by atoms with Gasteiger partial charge in [-0.3, -0.25) is 19.2 Å². The first-order valence-electron chi connectivity index (χ1n) is 15.5. The summed E-state index contributed by atoms with van der Waals surface area (Å²) in [4.78, 5) is 29.5. The van der Waals surface area contributed by atoms with Gasteiger partial charge < -0.3 is 4.90 Å². The Balaban J connectivity index is 0.00000204. The monoisotopic (exact) mass is 698 g/mol. The fourth-order valence-electron chi connectivity index (χ4n) is 5.96. The topological polar surface area (TPSA) is 74.9 Å². The molecule has 2 aliphatic heterocycles. The Kier molecular flexibility index (Phi) is 9.51. The summed E-state index contributed by atoms with van der Waals surface area (Å²) in [6.45, 7) is 12.1. The molecule has 2 atom stereocenters. The molecule has 4 heterocycles. The van der Waals surface area contributed by atoms with Crippen molar-refractivity contribution in [3.8, 4) is 5.69 Å². The molecule has 8 nitrogen and oxygen atoms in total. The zero-order valence-electron chi connectivity index (χ0n) is 26.7. The van der Waals surface area contributed by atoms with Gasteiger partial charge in [0.05, 0.1) is 35.4 Å². The maximum Gasteiger partial charge on any atom is 0.417 e. The second kappa shape index (κ2) is 13.1. The number of hydrazine groups is 1. The molecule has 0 fully saturated rings.